The topological polar surface area (TPSA) is 32.7 Å². The van der Waals surface area contributed by atoms with Gasteiger partial charge in [-0.2, -0.15) is 0 Å². The highest BCUT2D eigenvalue weighted by molar-refractivity contribution is 5.40. The van der Waals surface area contributed by atoms with Crippen LogP contribution in [-0.4, -0.2) is 30.2 Å². The summed E-state index contributed by atoms with van der Waals surface area (Å²) in [6.45, 7) is 4.68. The summed E-state index contributed by atoms with van der Waals surface area (Å²) in [4.78, 5) is 2.35. The van der Waals surface area contributed by atoms with Crippen LogP contribution < -0.4 is 4.74 Å². The van der Waals surface area contributed by atoms with Crippen LogP contribution in [0.4, 0.5) is 0 Å². The summed E-state index contributed by atoms with van der Waals surface area (Å²) in [5.74, 6) is 1.33. The number of aliphatic hydroxyl groups is 1. The first-order valence-corrected chi connectivity index (χ1v) is 11.6. The van der Waals surface area contributed by atoms with Gasteiger partial charge in [0.1, 0.15) is 5.75 Å². The highest BCUT2D eigenvalue weighted by Crippen LogP contribution is 2.47. The van der Waals surface area contributed by atoms with E-state index in [0.717, 1.165) is 50.1 Å². The van der Waals surface area contributed by atoms with Crippen LogP contribution in [0.5, 0.6) is 5.75 Å². The van der Waals surface area contributed by atoms with E-state index in [1.165, 1.54) is 11.1 Å². The fourth-order valence-electron chi connectivity index (χ4n) is 5.21. The van der Waals surface area contributed by atoms with Gasteiger partial charge in [-0.15, -0.1) is 0 Å². The van der Waals surface area contributed by atoms with Gasteiger partial charge in [0.15, 0.2) is 0 Å². The quantitative estimate of drug-likeness (QED) is 0.626. The first kappa shape index (κ1) is 21.9. The molecule has 164 valence electrons. The van der Waals surface area contributed by atoms with Gasteiger partial charge in [-0.25, -0.2) is 0 Å². The SMILES string of the molecule is CC1=CCC([C@H]2CCOc3ccccc3[C@]2(O)CCCN(C)Cc2ccccc2)C=C1. The summed E-state index contributed by atoms with van der Waals surface area (Å²) >= 11 is 0. The standard InChI is InChI=1S/C28H35NO2/c1-22-13-15-24(16-14-22)25-17-20-31-27-12-7-6-11-26(27)28(25,30)18-8-19-29(2)21-23-9-4-3-5-10-23/h3-7,9-15,24-25,30H,8,16-21H2,1-2H3/t24?,25-,28+/m1/s1. The van der Waals surface area contributed by atoms with E-state index < -0.39 is 5.60 Å². The van der Waals surface area contributed by atoms with Crippen molar-refractivity contribution in [2.45, 2.75) is 44.8 Å². The van der Waals surface area contributed by atoms with Crippen molar-refractivity contribution in [2.24, 2.45) is 11.8 Å². The second-order valence-electron chi connectivity index (χ2n) is 9.20. The minimum absolute atomic E-state index is 0.149. The molecule has 1 aliphatic carbocycles. The molecular formula is C28H35NO2. The highest BCUT2D eigenvalue weighted by atomic mass is 16.5. The van der Waals surface area contributed by atoms with E-state index in [9.17, 15) is 5.11 Å². The average Bonchev–Trinajstić information content (AvgIpc) is 2.92. The predicted molar refractivity (Wildman–Crippen MR) is 127 cm³/mol. The molecule has 1 unspecified atom stereocenters. The van der Waals surface area contributed by atoms with Gasteiger partial charge >= 0.3 is 0 Å². The van der Waals surface area contributed by atoms with Crippen molar-refractivity contribution in [2.75, 3.05) is 20.2 Å². The van der Waals surface area contributed by atoms with Crippen molar-refractivity contribution >= 4 is 0 Å². The first-order chi connectivity index (χ1) is 15.1. The van der Waals surface area contributed by atoms with E-state index in [-0.39, 0.29) is 5.92 Å². The Balaban J connectivity index is 1.51. The van der Waals surface area contributed by atoms with Crippen LogP contribution in [0.1, 0.15) is 43.7 Å². The van der Waals surface area contributed by atoms with E-state index in [4.69, 9.17) is 4.74 Å². The minimum atomic E-state index is -0.880. The number of nitrogens with zero attached hydrogens (tertiary/aromatic N) is 1. The number of benzene rings is 2. The van der Waals surface area contributed by atoms with Gasteiger partial charge in [0.25, 0.3) is 0 Å². The molecule has 4 rings (SSSR count). The molecule has 0 bridgehead atoms. The Morgan fingerprint density at radius 2 is 1.87 bits per heavy atom. The number of ether oxygens (including phenoxy) is 1. The maximum Gasteiger partial charge on any atom is 0.125 e. The Bertz CT molecular complexity index is 920. The van der Waals surface area contributed by atoms with Crippen LogP contribution >= 0.6 is 0 Å². The molecule has 2 aromatic carbocycles. The van der Waals surface area contributed by atoms with Gasteiger partial charge in [0.05, 0.1) is 12.2 Å². The molecule has 3 heteroatoms. The fourth-order valence-corrected chi connectivity index (χ4v) is 5.21. The summed E-state index contributed by atoms with van der Waals surface area (Å²) in [5.41, 5.74) is 2.72. The Labute approximate surface area is 187 Å². The van der Waals surface area contributed by atoms with Crippen molar-refractivity contribution in [1.29, 1.82) is 0 Å². The molecule has 3 nitrogen and oxygen atoms in total. The Morgan fingerprint density at radius 1 is 1.10 bits per heavy atom. The van der Waals surface area contributed by atoms with Crippen LogP contribution in [-0.2, 0) is 12.1 Å². The molecular weight excluding hydrogens is 382 g/mol. The monoisotopic (exact) mass is 417 g/mol. The molecule has 0 amide bonds. The summed E-state index contributed by atoms with van der Waals surface area (Å²) in [5, 5.41) is 12.2. The first-order valence-electron chi connectivity index (χ1n) is 11.6. The molecule has 3 atom stereocenters. The molecule has 2 aliphatic rings. The van der Waals surface area contributed by atoms with Crippen LogP contribution in [0.15, 0.2) is 78.4 Å². The van der Waals surface area contributed by atoms with Crippen molar-refractivity contribution in [3.05, 3.63) is 89.5 Å². The van der Waals surface area contributed by atoms with Gasteiger partial charge < -0.3 is 14.7 Å². The fraction of sp³-hybridized carbons (Fsp3) is 0.429. The molecule has 1 heterocycles. The van der Waals surface area contributed by atoms with Gasteiger partial charge in [-0.3, -0.25) is 0 Å². The summed E-state index contributed by atoms with van der Waals surface area (Å²) in [6, 6.07) is 18.7. The lowest BCUT2D eigenvalue weighted by molar-refractivity contribution is -0.0519. The molecule has 2 aromatic rings. The molecule has 1 aliphatic heterocycles. The second-order valence-corrected chi connectivity index (χ2v) is 9.20. The molecule has 0 fully saturated rings. The third-order valence-electron chi connectivity index (χ3n) is 6.88. The van der Waals surface area contributed by atoms with Gasteiger partial charge in [0.2, 0.25) is 0 Å². The summed E-state index contributed by atoms with van der Waals surface area (Å²) in [7, 11) is 2.16. The zero-order valence-electron chi connectivity index (χ0n) is 18.8. The maximum absolute atomic E-state index is 12.2. The molecule has 0 radical (unpaired) electrons. The number of allylic oxidation sites excluding steroid dienone is 4. The van der Waals surface area contributed by atoms with Crippen molar-refractivity contribution < 1.29 is 9.84 Å². The number of rotatable bonds is 7. The minimum Gasteiger partial charge on any atom is -0.493 e. The number of hydrogen-bond donors (Lipinski definition) is 1. The third-order valence-corrected chi connectivity index (χ3v) is 6.88. The lowest BCUT2D eigenvalue weighted by atomic mass is 9.68. The van der Waals surface area contributed by atoms with E-state index in [1.54, 1.807) is 0 Å². The normalized spacial score (nSPS) is 25.5. The number of fused-ring (bicyclic) bond motifs is 1. The predicted octanol–water partition coefficient (Wildman–Crippen LogP) is 5.71. The molecule has 31 heavy (non-hydrogen) atoms. The molecule has 0 saturated carbocycles. The highest BCUT2D eigenvalue weighted by Gasteiger charge is 2.44. The number of hydrogen-bond acceptors (Lipinski definition) is 3. The van der Waals surface area contributed by atoms with Crippen LogP contribution in [0, 0.1) is 11.8 Å². The summed E-state index contributed by atoms with van der Waals surface area (Å²) < 4.78 is 6.08. The second kappa shape index (κ2) is 9.84. The van der Waals surface area contributed by atoms with Crippen LogP contribution in [0.3, 0.4) is 0 Å². The Kier molecular flexibility index (Phi) is 6.94. The van der Waals surface area contributed by atoms with Gasteiger partial charge in [-0.05, 0) is 63.7 Å². The van der Waals surface area contributed by atoms with Crippen LogP contribution in [0.2, 0.25) is 0 Å². The smallest absolute Gasteiger partial charge is 0.125 e. The lowest BCUT2D eigenvalue weighted by Crippen LogP contribution is -2.39. The average molecular weight is 418 g/mol. The van der Waals surface area contributed by atoms with Crippen molar-refractivity contribution in [3.63, 3.8) is 0 Å². The van der Waals surface area contributed by atoms with Crippen molar-refractivity contribution in [1.82, 2.24) is 4.90 Å². The lowest BCUT2D eigenvalue weighted by Gasteiger charge is -2.40. The van der Waals surface area contributed by atoms with Crippen LogP contribution in [0.25, 0.3) is 0 Å². The Morgan fingerprint density at radius 3 is 2.65 bits per heavy atom. The third kappa shape index (κ3) is 5.11. The van der Waals surface area contributed by atoms with E-state index in [0.29, 0.717) is 12.5 Å². The molecule has 0 aromatic heterocycles. The Hall–Kier alpha value is -2.36. The maximum atomic E-state index is 12.2. The molecule has 0 saturated heterocycles. The van der Waals surface area contributed by atoms with Crippen molar-refractivity contribution in [3.8, 4) is 5.75 Å². The molecule has 0 spiro atoms. The molecule has 1 N–H and O–H groups in total. The number of para-hydroxylation sites is 1. The zero-order chi connectivity index (χ0) is 21.7. The largest absolute Gasteiger partial charge is 0.493 e. The summed E-state index contributed by atoms with van der Waals surface area (Å²) in [6.07, 6.45) is 10.4. The van der Waals surface area contributed by atoms with E-state index >= 15 is 0 Å². The van der Waals surface area contributed by atoms with Gasteiger partial charge in [0, 0.05) is 18.0 Å². The van der Waals surface area contributed by atoms with E-state index in [2.05, 4.69) is 73.5 Å². The zero-order valence-corrected chi connectivity index (χ0v) is 18.8. The van der Waals surface area contributed by atoms with Gasteiger partial charge in [-0.1, -0.05) is 72.3 Å². The van der Waals surface area contributed by atoms with E-state index in [1.807, 2.05) is 18.2 Å².